The molecule has 1 N–H and O–H groups in total. The highest BCUT2D eigenvalue weighted by molar-refractivity contribution is 5.31. The average molecular weight is 296 g/mol. The molecule has 6 heteroatoms. The van der Waals surface area contributed by atoms with E-state index in [1.165, 1.54) is 4.68 Å². The van der Waals surface area contributed by atoms with Gasteiger partial charge in [0, 0.05) is 6.20 Å². The van der Waals surface area contributed by atoms with Gasteiger partial charge in [0.2, 0.25) is 0 Å². The minimum atomic E-state index is -4.41. The number of halogens is 3. The van der Waals surface area contributed by atoms with Crippen LogP contribution in [0.1, 0.15) is 41.7 Å². The predicted molar refractivity (Wildman–Crippen MR) is 70.6 cm³/mol. The fraction of sp³-hybridized carbons (Fsp3) is 0.400. The average Bonchev–Trinajstić information content (AvgIpc) is 2.87. The summed E-state index contributed by atoms with van der Waals surface area (Å²) in [5, 5.41) is 14.3. The van der Waals surface area contributed by atoms with E-state index in [1.807, 2.05) is 24.3 Å². The minimum absolute atomic E-state index is 0.468. The van der Waals surface area contributed by atoms with Crippen molar-refractivity contribution in [1.29, 1.82) is 0 Å². The summed E-state index contributed by atoms with van der Waals surface area (Å²) in [5.74, 6) is 0. The Balaban J connectivity index is 1.94. The lowest BCUT2D eigenvalue weighted by Crippen LogP contribution is -2.18. The number of hydrogen-bond donors (Lipinski definition) is 1. The molecule has 0 bridgehead atoms. The molecular weight excluding hydrogens is 281 g/mol. The van der Waals surface area contributed by atoms with Crippen molar-refractivity contribution in [1.82, 2.24) is 9.78 Å². The number of benzene rings is 1. The second-order valence-electron chi connectivity index (χ2n) is 5.31. The first kappa shape index (κ1) is 14.1. The zero-order valence-electron chi connectivity index (χ0n) is 11.2. The van der Waals surface area contributed by atoms with Gasteiger partial charge < -0.3 is 5.11 Å². The van der Waals surface area contributed by atoms with Gasteiger partial charge in [-0.25, -0.2) is 0 Å². The second kappa shape index (κ2) is 5.18. The van der Waals surface area contributed by atoms with Crippen molar-refractivity contribution in [3.05, 3.63) is 53.3 Å². The van der Waals surface area contributed by atoms with Gasteiger partial charge in [0.15, 0.2) is 0 Å². The van der Waals surface area contributed by atoms with Crippen molar-refractivity contribution in [3.63, 3.8) is 0 Å². The molecule has 1 aliphatic carbocycles. The van der Waals surface area contributed by atoms with Crippen LogP contribution in [0.3, 0.4) is 0 Å². The fourth-order valence-electron chi connectivity index (χ4n) is 2.86. The van der Waals surface area contributed by atoms with E-state index in [2.05, 4.69) is 5.10 Å². The van der Waals surface area contributed by atoms with Gasteiger partial charge in [0.25, 0.3) is 0 Å². The van der Waals surface area contributed by atoms with Crippen LogP contribution in [0.2, 0.25) is 0 Å². The molecule has 0 amide bonds. The van der Waals surface area contributed by atoms with Gasteiger partial charge in [-0.3, -0.25) is 4.68 Å². The van der Waals surface area contributed by atoms with Crippen molar-refractivity contribution in [2.24, 2.45) is 0 Å². The number of aromatic nitrogens is 2. The van der Waals surface area contributed by atoms with E-state index in [4.69, 9.17) is 0 Å². The Morgan fingerprint density at radius 1 is 1.24 bits per heavy atom. The lowest BCUT2D eigenvalue weighted by molar-refractivity contribution is -0.137. The summed E-state index contributed by atoms with van der Waals surface area (Å²) in [4.78, 5) is 0. The molecule has 1 aromatic carbocycles. The van der Waals surface area contributed by atoms with E-state index < -0.39 is 23.9 Å². The van der Waals surface area contributed by atoms with Crippen molar-refractivity contribution >= 4 is 0 Å². The number of aliphatic hydroxyl groups is 1. The van der Waals surface area contributed by atoms with Crippen LogP contribution in [0.25, 0.3) is 0 Å². The quantitative estimate of drug-likeness (QED) is 0.818. The summed E-state index contributed by atoms with van der Waals surface area (Å²) in [5.41, 5.74) is 1.05. The third-order valence-corrected chi connectivity index (χ3v) is 3.95. The SMILES string of the molecule is OC1c2ccccc2CCCC1n1cc(C(F)(F)F)cn1. The predicted octanol–water partition coefficient (Wildman–Crippen LogP) is 3.51. The van der Waals surface area contributed by atoms with E-state index in [1.54, 1.807) is 0 Å². The van der Waals surface area contributed by atoms with Gasteiger partial charge in [0.1, 0.15) is 6.10 Å². The van der Waals surface area contributed by atoms with Crippen LogP contribution in [0.15, 0.2) is 36.7 Å². The van der Waals surface area contributed by atoms with E-state index in [0.717, 1.165) is 36.4 Å². The molecule has 1 aromatic heterocycles. The molecule has 0 aliphatic heterocycles. The normalized spacial score (nSPS) is 22.7. The number of aliphatic hydroxyl groups excluding tert-OH is 1. The first-order valence-electron chi connectivity index (χ1n) is 6.84. The summed E-state index contributed by atoms with van der Waals surface area (Å²) in [6.45, 7) is 0. The van der Waals surface area contributed by atoms with Crippen LogP contribution in [-0.2, 0) is 12.6 Å². The van der Waals surface area contributed by atoms with Gasteiger partial charge in [0.05, 0.1) is 17.8 Å². The topological polar surface area (TPSA) is 38.0 Å². The number of fused-ring (bicyclic) bond motifs is 1. The van der Waals surface area contributed by atoms with Crippen molar-refractivity contribution in [3.8, 4) is 0 Å². The lowest BCUT2D eigenvalue weighted by atomic mass is 9.99. The first-order valence-corrected chi connectivity index (χ1v) is 6.84. The lowest BCUT2D eigenvalue weighted by Gasteiger charge is -2.22. The summed E-state index contributed by atoms with van der Waals surface area (Å²) in [6.07, 6.45) is -1.26. The highest BCUT2D eigenvalue weighted by Gasteiger charge is 2.34. The number of nitrogens with zero attached hydrogens (tertiary/aromatic N) is 2. The molecule has 112 valence electrons. The smallest absolute Gasteiger partial charge is 0.386 e. The molecule has 1 heterocycles. The van der Waals surface area contributed by atoms with E-state index in [-0.39, 0.29) is 0 Å². The number of aryl methyl sites for hydroxylation is 1. The first-order chi connectivity index (χ1) is 9.97. The zero-order valence-corrected chi connectivity index (χ0v) is 11.2. The Morgan fingerprint density at radius 2 is 2.00 bits per heavy atom. The Morgan fingerprint density at radius 3 is 2.71 bits per heavy atom. The summed E-state index contributed by atoms with van der Waals surface area (Å²) < 4.78 is 39.3. The molecule has 0 radical (unpaired) electrons. The van der Waals surface area contributed by atoms with E-state index in [9.17, 15) is 18.3 Å². The maximum absolute atomic E-state index is 12.7. The molecule has 3 nitrogen and oxygen atoms in total. The van der Waals surface area contributed by atoms with E-state index >= 15 is 0 Å². The van der Waals surface area contributed by atoms with Crippen LogP contribution >= 0.6 is 0 Å². The van der Waals surface area contributed by atoms with Gasteiger partial charge >= 0.3 is 6.18 Å². The Kier molecular flexibility index (Phi) is 3.49. The van der Waals surface area contributed by atoms with Gasteiger partial charge in [-0.1, -0.05) is 24.3 Å². The Labute approximate surface area is 120 Å². The van der Waals surface area contributed by atoms with Crippen molar-refractivity contribution in [2.45, 2.75) is 37.6 Å². The highest BCUT2D eigenvalue weighted by Crippen LogP contribution is 2.37. The number of rotatable bonds is 1. The molecule has 0 spiro atoms. The van der Waals surface area contributed by atoms with Crippen LogP contribution in [-0.4, -0.2) is 14.9 Å². The molecule has 2 unspecified atom stereocenters. The molecule has 1 aliphatic rings. The monoisotopic (exact) mass is 296 g/mol. The van der Waals surface area contributed by atoms with Crippen molar-refractivity contribution < 1.29 is 18.3 Å². The standard InChI is InChI=1S/C15H15F3N2O/c16-15(17,18)11-8-19-20(9-11)13-7-3-5-10-4-1-2-6-12(10)14(13)21/h1-2,4,6,8-9,13-14,21H,3,5,7H2. The maximum atomic E-state index is 12.7. The van der Waals surface area contributed by atoms with Crippen LogP contribution in [0.5, 0.6) is 0 Å². The molecule has 0 saturated carbocycles. The van der Waals surface area contributed by atoms with Gasteiger partial charge in [-0.2, -0.15) is 18.3 Å². The molecule has 3 rings (SSSR count). The molecule has 2 aromatic rings. The molecule has 0 saturated heterocycles. The molecule has 0 fully saturated rings. The maximum Gasteiger partial charge on any atom is 0.419 e. The molecular formula is C15H15F3N2O. The van der Waals surface area contributed by atoms with Crippen LogP contribution in [0, 0.1) is 0 Å². The summed E-state index contributed by atoms with van der Waals surface area (Å²) in [7, 11) is 0. The van der Waals surface area contributed by atoms with Crippen LogP contribution < -0.4 is 0 Å². The Bertz CT molecular complexity index is 636. The summed E-state index contributed by atoms with van der Waals surface area (Å²) in [6, 6.07) is 7.04. The van der Waals surface area contributed by atoms with E-state index in [0.29, 0.717) is 6.42 Å². The van der Waals surface area contributed by atoms with Gasteiger partial charge in [-0.05, 0) is 30.4 Å². The van der Waals surface area contributed by atoms with Crippen molar-refractivity contribution in [2.75, 3.05) is 0 Å². The van der Waals surface area contributed by atoms with Crippen LogP contribution in [0.4, 0.5) is 13.2 Å². The summed E-state index contributed by atoms with van der Waals surface area (Å²) >= 11 is 0. The minimum Gasteiger partial charge on any atom is -0.386 e. The largest absolute Gasteiger partial charge is 0.419 e. The second-order valence-corrected chi connectivity index (χ2v) is 5.31. The fourth-order valence-corrected chi connectivity index (χ4v) is 2.86. The third-order valence-electron chi connectivity index (χ3n) is 3.95. The molecule has 21 heavy (non-hydrogen) atoms. The molecule has 2 atom stereocenters. The third kappa shape index (κ3) is 2.68. The van der Waals surface area contributed by atoms with Gasteiger partial charge in [-0.15, -0.1) is 0 Å². The zero-order chi connectivity index (χ0) is 15.0. The number of alkyl halides is 3. The number of hydrogen-bond acceptors (Lipinski definition) is 2. The Hall–Kier alpha value is -1.82. The highest BCUT2D eigenvalue weighted by atomic mass is 19.4.